The van der Waals surface area contributed by atoms with Crippen molar-refractivity contribution < 1.29 is 9.59 Å². The van der Waals surface area contributed by atoms with Crippen LogP contribution in [0.15, 0.2) is 18.3 Å². The summed E-state index contributed by atoms with van der Waals surface area (Å²) in [5.41, 5.74) is 0.563. The first-order valence-corrected chi connectivity index (χ1v) is 6.96. The van der Waals surface area contributed by atoms with E-state index >= 15 is 0 Å². The molecule has 108 valence electrons. The molecule has 2 rings (SSSR count). The molecule has 2 N–H and O–H groups in total. The molecule has 1 aromatic heterocycles. The number of rotatable bonds is 4. The minimum Gasteiger partial charge on any atom is -0.370 e. The van der Waals surface area contributed by atoms with E-state index in [-0.39, 0.29) is 18.4 Å². The van der Waals surface area contributed by atoms with Crippen molar-refractivity contribution >= 4 is 17.6 Å². The van der Waals surface area contributed by atoms with Gasteiger partial charge in [-0.15, -0.1) is 0 Å². The van der Waals surface area contributed by atoms with Crippen molar-refractivity contribution in [3.05, 3.63) is 23.9 Å². The van der Waals surface area contributed by atoms with E-state index in [9.17, 15) is 9.59 Å². The highest BCUT2D eigenvalue weighted by molar-refractivity contribution is 5.97. The maximum Gasteiger partial charge on any atom is 0.254 e. The van der Waals surface area contributed by atoms with Gasteiger partial charge in [0.05, 0.1) is 6.54 Å². The van der Waals surface area contributed by atoms with Crippen molar-refractivity contribution in [2.24, 2.45) is 0 Å². The monoisotopic (exact) mass is 276 g/mol. The molecular formula is C14H20N4O2. The van der Waals surface area contributed by atoms with Crippen molar-refractivity contribution in [1.29, 1.82) is 0 Å². The fraction of sp³-hybridized carbons (Fsp3) is 0.500. The van der Waals surface area contributed by atoms with Gasteiger partial charge in [-0.1, -0.05) is 6.92 Å². The third-order valence-corrected chi connectivity index (χ3v) is 3.11. The molecule has 0 unspecified atom stereocenters. The van der Waals surface area contributed by atoms with Crippen molar-refractivity contribution in [3.8, 4) is 0 Å². The van der Waals surface area contributed by atoms with Crippen LogP contribution in [-0.2, 0) is 4.79 Å². The molecule has 0 spiro atoms. The number of carbonyl (C=O) groups is 2. The van der Waals surface area contributed by atoms with Crippen LogP contribution in [0.3, 0.4) is 0 Å². The topological polar surface area (TPSA) is 74.3 Å². The Balaban J connectivity index is 2.09. The summed E-state index contributed by atoms with van der Waals surface area (Å²) in [4.78, 5) is 29.7. The highest BCUT2D eigenvalue weighted by Crippen LogP contribution is 2.11. The predicted molar refractivity (Wildman–Crippen MR) is 76.5 cm³/mol. The van der Waals surface area contributed by atoms with Gasteiger partial charge in [0, 0.05) is 31.4 Å². The van der Waals surface area contributed by atoms with E-state index < -0.39 is 0 Å². The molecule has 2 heterocycles. The summed E-state index contributed by atoms with van der Waals surface area (Å²) in [7, 11) is 0. The van der Waals surface area contributed by atoms with Crippen molar-refractivity contribution in [2.45, 2.75) is 19.8 Å². The third-order valence-electron chi connectivity index (χ3n) is 3.11. The number of nitrogens with zero attached hydrogens (tertiary/aromatic N) is 2. The van der Waals surface area contributed by atoms with Gasteiger partial charge in [-0.2, -0.15) is 0 Å². The Labute approximate surface area is 118 Å². The molecule has 0 atom stereocenters. The van der Waals surface area contributed by atoms with Crippen LogP contribution >= 0.6 is 0 Å². The minimum atomic E-state index is -0.121. The molecule has 0 saturated carbocycles. The van der Waals surface area contributed by atoms with Crippen LogP contribution in [0, 0.1) is 0 Å². The number of hydrogen-bond donors (Lipinski definition) is 2. The van der Waals surface area contributed by atoms with Crippen molar-refractivity contribution in [2.75, 3.05) is 31.5 Å². The maximum absolute atomic E-state index is 12.4. The number of nitrogens with one attached hydrogen (secondary N) is 2. The Morgan fingerprint density at radius 3 is 3.20 bits per heavy atom. The Bertz CT molecular complexity index is 490. The SMILES string of the molecule is CCCNc1cc(C(=O)N2CCCNC(=O)C2)ccn1. The highest BCUT2D eigenvalue weighted by atomic mass is 16.2. The van der Waals surface area contributed by atoms with Crippen molar-refractivity contribution in [3.63, 3.8) is 0 Å². The summed E-state index contributed by atoms with van der Waals surface area (Å²) in [5, 5.41) is 5.92. The molecule has 1 fully saturated rings. The molecule has 0 bridgehead atoms. The lowest BCUT2D eigenvalue weighted by Gasteiger charge is -2.19. The zero-order valence-electron chi connectivity index (χ0n) is 11.7. The third kappa shape index (κ3) is 3.69. The number of pyridine rings is 1. The quantitative estimate of drug-likeness (QED) is 0.855. The maximum atomic E-state index is 12.4. The van der Waals surface area contributed by atoms with Gasteiger partial charge >= 0.3 is 0 Å². The lowest BCUT2D eigenvalue weighted by atomic mass is 10.2. The molecule has 0 aromatic carbocycles. The second-order valence-electron chi connectivity index (χ2n) is 4.79. The minimum absolute atomic E-state index is 0.103. The second-order valence-corrected chi connectivity index (χ2v) is 4.79. The van der Waals surface area contributed by atoms with Gasteiger partial charge in [-0.05, 0) is 25.0 Å². The van der Waals surface area contributed by atoms with Crippen LogP contribution in [0.2, 0.25) is 0 Å². The van der Waals surface area contributed by atoms with Gasteiger partial charge < -0.3 is 15.5 Å². The van der Waals surface area contributed by atoms with Gasteiger partial charge in [0.15, 0.2) is 0 Å². The van der Waals surface area contributed by atoms with E-state index in [0.29, 0.717) is 24.5 Å². The summed E-state index contributed by atoms with van der Waals surface area (Å²) in [6.07, 6.45) is 3.39. The number of amides is 2. The molecule has 1 aliphatic heterocycles. The Morgan fingerprint density at radius 1 is 1.55 bits per heavy atom. The van der Waals surface area contributed by atoms with Crippen LogP contribution in [0.25, 0.3) is 0 Å². The van der Waals surface area contributed by atoms with Gasteiger partial charge in [0.25, 0.3) is 5.91 Å². The van der Waals surface area contributed by atoms with Crippen LogP contribution < -0.4 is 10.6 Å². The number of anilines is 1. The molecule has 1 aliphatic rings. The van der Waals surface area contributed by atoms with Gasteiger partial charge in [0.2, 0.25) is 5.91 Å². The smallest absolute Gasteiger partial charge is 0.254 e. The van der Waals surface area contributed by atoms with E-state index in [0.717, 1.165) is 19.4 Å². The lowest BCUT2D eigenvalue weighted by Crippen LogP contribution is -2.37. The summed E-state index contributed by atoms with van der Waals surface area (Å²) in [5.74, 6) is 0.468. The average Bonchev–Trinajstić information content (AvgIpc) is 2.69. The van der Waals surface area contributed by atoms with Crippen LogP contribution in [0.5, 0.6) is 0 Å². The van der Waals surface area contributed by atoms with Gasteiger partial charge in [-0.3, -0.25) is 9.59 Å². The molecule has 1 aromatic rings. The first-order chi connectivity index (χ1) is 9.70. The summed E-state index contributed by atoms with van der Waals surface area (Å²) in [6, 6.07) is 3.42. The van der Waals surface area contributed by atoms with Gasteiger partial charge in [-0.25, -0.2) is 4.98 Å². The number of aromatic nitrogens is 1. The van der Waals surface area contributed by atoms with E-state index in [1.165, 1.54) is 0 Å². The molecule has 0 aliphatic carbocycles. The largest absolute Gasteiger partial charge is 0.370 e. The zero-order valence-corrected chi connectivity index (χ0v) is 11.7. The standard InChI is InChI=1S/C14H20N4O2/c1-2-5-15-12-9-11(4-7-16-12)14(20)18-8-3-6-17-13(19)10-18/h4,7,9H,2-3,5-6,8,10H2,1H3,(H,15,16)(H,17,19). The van der Waals surface area contributed by atoms with E-state index in [1.54, 1.807) is 23.2 Å². The van der Waals surface area contributed by atoms with Crippen LogP contribution in [0.1, 0.15) is 30.1 Å². The summed E-state index contributed by atoms with van der Waals surface area (Å²) in [6.45, 7) is 4.23. The summed E-state index contributed by atoms with van der Waals surface area (Å²) >= 11 is 0. The Morgan fingerprint density at radius 2 is 2.40 bits per heavy atom. The normalized spacial score (nSPS) is 15.4. The number of hydrogen-bond acceptors (Lipinski definition) is 4. The second kappa shape index (κ2) is 6.88. The van der Waals surface area contributed by atoms with Crippen LogP contribution in [0.4, 0.5) is 5.82 Å². The molecule has 6 nitrogen and oxygen atoms in total. The first kappa shape index (κ1) is 14.3. The van der Waals surface area contributed by atoms with E-state index in [4.69, 9.17) is 0 Å². The fourth-order valence-electron chi connectivity index (χ4n) is 2.08. The molecule has 6 heteroatoms. The fourth-order valence-corrected chi connectivity index (χ4v) is 2.08. The van der Waals surface area contributed by atoms with E-state index in [2.05, 4.69) is 22.5 Å². The Hall–Kier alpha value is -2.11. The Kier molecular flexibility index (Phi) is 4.92. The zero-order chi connectivity index (χ0) is 14.4. The lowest BCUT2D eigenvalue weighted by molar-refractivity contribution is -0.121. The molecular weight excluding hydrogens is 256 g/mol. The summed E-state index contributed by atoms with van der Waals surface area (Å²) < 4.78 is 0. The number of carbonyl (C=O) groups excluding carboxylic acids is 2. The molecule has 2 amide bonds. The van der Waals surface area contributed by atoms with Crippen LogP contribution in [-0.4, -0.2) is 47.9 Å². The van der Waals surface area contributed by atoms with E-state index in [1.807, 2.05) is 0 Å². The molecule has 20 heavy (non-hydrogen) atoms. The average molecular weight is 276 g/mol. The van der Waals surface area contributed by atoms with Gasteiger partial charge in [0.1, 0.15) is 5.82 Å². The highest BCUT2D eigenvalue weighted by Gasteiger charge is 2.21. The molecule has 1 saturated heterocycles. The molecule has 0 radical (unpaired) electrons. The first-order valence-electron chi connectivity index (χ1n) is 6.96. The van der Waals surface area contributed by atoms with Crippen molar-refractivity contribution in [1.82, 2.24) is 15.2 Å². The predicted octanol–water partition coefficient (Wildman–Crippen LogP) is 0.866.